The molecule has 0 aliphatic carbocycles. The predicted molar refractivity (Wildman–Crippen MR) is 63.5 cm³/mol. The van der Waals surface area contributed by atoms with Crippen molar-refractivity contribution in [2.45, 2.75) is 39.0 Å². The molecule has 1 aromatic carbocycles. The first-order chi connectivity index (χ1) is 6.88. The molecule has 0 heteroatoms. The summed E-state index contributed by atoms with van der Waals surface area (Å²) in [6, 6.07) is 10.8. The van der Waals surface area contributed by atoms with Crippen molar-refractivity contribution in [3.05, 3.63) is 48.0 Å². The van der Waals surface area contributed by atoms with Gasteiger partial charge in [0.2, 0.25) is 0 Å². The molecule has 76 valence electrons. The molecule has 0 fully saturated rings. The summed E-state index contributed by atoms with van der Waals surface area (Å²) in [6.45, 7) is 4.44. The summed E-state index contributed by atoms with van der Waals surface area (Å²) in [6.07, 6.45) is 8.10. The van der Waals surface area contributed by atoms with Crippen LogP contribution in [0.15, 0.2) is 42.5 Å². The predicted octanol–water partition coefficient (Wildman–Crippen LogP) is 4.54. The van der Waals surface area contributed by atoms with Crippen molar-refractivity contribution >= 4 is 0 Å². The molecular formula is C14H20. The molecule has 0 heterocycles. The van der Waals surface area contributed by atoms with Crippen LogP contribution in [0.5, 0.6) is 0 Å². The highest BCUT2D eigenvalue weighted by Gasteiger charge is 2.05. The van der Waals surface area contributed by atoms with Gasteiger partial charge in [-0.2, -0.15) is 0 Å². The van der Waals surface area contributed by atoms with Crippen LogP contribution in [0.25, 0.3) is 0 Å². The van der Waals surface area contributed by atoms with Crippen LogP contribution in [-0.4, -0.2) is 0 Å². The summed E-state index contributed by atoms with van der Waals surface area (Å²) < 4.78 is 0. The highest BCUT2D eigenvalue weighted by Crippen LogP contribution is 2.23. The van der Waals surface area contributed by atoms with Crippen LogP contribution in [0.2, 0.25) is 0 Å². The van der Waals surface area contributed by atoms with Crippen LogP contribution in [0.3, 0.4) is 0 Å². The van der Waals surface area contributed by atoms with E-state index in [1.807, 2.05) is 0 Å². The lowest BCUT2D eigenvalue weighted by Gasteiger charge is -2.12. The second-order valence-electron chi connectivity index (χ2n) is 3.63. The molecule has 0 saturated carbocycles. The third kappa shape index (κ3) is 3.37. The summed E-state index contributed by atoms with van der Waals surface area (Å²) in [5.74, 6) is 0.694. The summed E-state index contributed by atoms with van der Waals surface area (Å²) in [5.41, 5.74) is 1.47. The Morgan fingerprint density at radius 3 is 2.36 bits per heavy atom. The van der Waals surface area contributed by atoms with Gasteiger partial charge in [0.05, 0.1) is 0 Å². The molecule has 0 amide bonds. The molecule has 0 aromatic heterocycles. The zero-order valence-corrected chi connectivity index (χ0v) is 9.24. The maximum atomic E-state index is 2.31. The van der Waals surface area contributed by atoms with Crippen LogP contribution in [-0.2, 0) is 0 Å². The van der Waals surface area contributed by atoms with E-state index in [9.17, 15) is 0 Å². The van der Waals surface area contributed by atoms with Gasteiger partial charge in [-0.25, -0.2) is 0 Å². The van der Waals surface area contributed by atoms with E-state index in [4.69, 9.17) is 0 Å². The lowest BCUT2D eigenvalue weighted by atomic mass is 9.93. The second kappa shape index (κ2) is 6.42. The minimum atomic E-state index is 0.694. The van der Waals surface area contributed by atoms with Crippen LogP contribution in [0.4, 0.5) is 0 Å². The molecule has 0 spiro atoms. The Bertz CT molecular complexity index is 259. The Morgan fingerprint density at radius 2 is 1.79 bits per heavy atom. The van der Waals surface area contributed by atoms with Gasteiger partial charge >= 0.3 is 0 Å². The van der Waals surface area contributed by atoms with Gasteiger partial charge in [0, 0.05) is 0 Å². The van der Waals surface area contributed by atoms with Crippen molar-refractivity contribution in [3.63, 3.8) is 0 Å². The summed E-state index contributed by atoms with van der Waals surface area (Å²) >= 11 is 0. The molecule has 1 unspecified atom stereocenters. The number of rotatable bonds is 5. The molecule has 0 N–H and O–H groups in total. The Labute approximate surface area is 87.7 Å². The maximum absolute atomic E-state index is 2.31. The van der Waals surface area contributed by atoms with Gasteiger partial charge in [-0.05, 0) is 30.7 Å². The number of hydrogen-bond donors (Lipinski definition) is 0. The van der Waals surface area contributed by atoms with Crippen molar-refractivity contribution < 1.29 is 0 Å². The third-order valence-electron chi connectivity index (χ3n) is 2.59. The van der Waals surface area contributed by atoms with E-state index < -0.39 is 0 Å². The maximum Gasteiger partial charge on any atom is -0.0130 e. The first-order valence-electron chi connectivity index (χ1n) is 5.58. The highest BCUT2D eigenvalue weighted by atomic mass is 14.1. The standard InChI is InChI=1S/C14H20/c1-3-5-7-10-13(4-2)14-11-8-6-9-12-14/h5-9,11-13H,3-4,10H2,1-2H3/b7-5-. The Hall–Kier alpha value is -1.04. The number of benzene rings is 1. The fourth-order valence-corrected chi connectivity index (χ4v) is 1.69. The normalized spacial score (nSPS) is 13.3. The molecule has 0 aliphatic rings. The van der Waals surface area contributed by atoms with Gasteiger partial charge in [0.15, 0.2) is 0 Å². The van der Waals surface area contributed by atoms with E-state index in [-0.39, 0.29) is 0 Å². The van der Waals surface area contributed by atoms with Gasteiger partial charge in [-0.15, -0.1) is 0 Å². The van der Waals surface area contributed by atoms with E-state index in [0.717, 1.165) is 6.42 Å². The van der Waals surface area contributed by atoms with Gasteiger partial charge in [0.1, 0.15) is 0 Å². The zero-order chi connectivity index (χ0) is 10.2. The van der Waals surface area contributed by atoms with Gasteiger partial charge < -0.3 is 0 Å². The number of allylic oxidation sites excluding steroid dienone is 2. The van der Waals surface area contributed by atoms with Gasteiger partial charge in [0.25, 0.3) is 0 Å². The SMILES string of the molecule is CC/C=C\CC(CC)c1ccccc1. The van der Waals surface area contributed by atoms with Crippen LogP contribution in [0.1, 0.15) is 44.6 Å². The fourth-order valence-electron chi connectivity index (χ4n) is 1.69. The highest BCUT2D eigenvalue weighted by molar-refractivity contribution is 5.20. The molecule has 0 aliphatic heterocycles. The molecular weight excluding hydrogens is 168 g/mol. The van der Waals surface area contributed by atoms with E-state index >= 15 is 0 Å². The zero-order valence-electron chi connectivity index (χ0n) is 9.24. The first-order valence-corrected chi connectivity index (χ1v) is 5.58. The van der Waals surface area contributed by atoms with Crippen molar-refractivity contribution in [3.8, 4) is 0 Å². The monoisotopic (exact) mass is 188 g/mol. The van der Waals surface area contributed by atoms with Crippen molar-refractivity contribution in [1.82, 2.24) is 0 Å². The van der Waals surface area contributed by atoms with E-state index in [1.54, 1.807) is 0 Å². The number of hydrogen-bond acceptors (Lipinski definition) is 0. The third-order valence-corrected chi connectivity index (χ3v) is 2.59. The molecule has 1 rings (SSSR count). The van der Waals surface area contributed by atoms with Crippen LogP contribution >= 0.6 is 0 Å². The van der Waals surface area contributed by atoms with Crippen molar-refractivity contribution in [2.75, 3.05) is 0 Å². The smallest absolute Gasteiger partial charge is 0.0130 e. The fraction of sp³-hybridized carbons (Fsp3) is 0.429. The Kier molecular flexibility index (Phi) is 5.06. The van der Waals surface area contributed by atoms with Crippen LogP contribution < -0.4 is 0 Å². The molecule has 0 nitrogen and oxygen atoms in total. The minimum absolute atomic E-state index is 0.694. The Balaban J connectivity index is 2.58. The van der Waals surface area contributed by atoms with E-state index in [0.29, 0.717) is 5.92 Å². The molecule has 0 bridgehead atoms. The lowest BCUT2D eigenvalue weighted by Crippen LogP contribution is -1.94. The van der Waals surface area contributed by atoms with Crippen molar-refractivity contribution in [2.24, 2.45) is 0 Å². The van der Waals surface area contributed by atoms with E-state index in [2.05, 4.69) is 56.3 Å². The molecule has 0 radical (unpaired) electrons. The molecule has 1 aromatic rings. The quantitative estimate of drug-likeness (QED) is 0.595. The summed E-state index contributed by atoms with van der Waals surface area (Å²) in [7, 11) is 0. The largest absolute Gasteiger partial charge is 0.0888 e. The van der Waals surface area contributed by atoms with Crippen LogP contribution in [0, 0.1) is 0 Å². The summed E-state index contributed by atoms with van der Waals surface area (Å²) in [4.78, 5) is 0. The first kappa shape index (κ1) is 11.0. The summed E-state index contributed by atoms with van der Waals surface area (Å²) in [5, 5.41) is 0. The average Bonchev–Trinajstić information content (AvgIpc) is 2.26. The van der Waals surface area contributed by atoms with Gasteiger partial charge in [-0.1, -0.05) is 56.3 Å². The molecule has 14 heavy (non-hydrogen) atoms. The minimum Gasteiger partial charge on any atom is -0.0888 e. The lowest BCUT2D eigenvalue weighted by molar-refractivity contribution is 0.673. The Morgan fingerprint density at radius 1 is 1.07 bits per heavy atom. The topological polar surface area (TPSA) is 0 Å². The average molecular weight is 188 g/mol. The molecule has 0 saturated heterocycles. The second-order valence-corrected chi connectivity index (χ2v) is 3.63. The van der Waals surface area contributed by atoms with E-state index in [1.165, 1.54) is 18.4 Å². The molecule has 1 atom stereocenters. The van der Waals surface area contributed by atoms with Gasteiger partial charge in [-0.3, -0.25) is 0 Å². The van der Waals surface area contributed by atoms with Crippen molar-refractivity contribution in [1.29, 1.82) is 0 Å².